The number of nitrogens with zero attached hydrogens (tertiary/aromatic N) is 2. The molecule has 0 saturated heterocycles. The fourth-order valence-corrected chi connectivity index (χ4v) is 3.03. The summed E-state index contributed by atoms with van der Waals surface area (Å²) in [4.78, 5) is 25.2. The van der Waals surface area contributed by atoms with Crippen molar-refractivity contribution in [3.05, 3.63) is 70.9 Å². The molecule has 4 aromatic rings. The highest BCUT2D eigenvalue weighted by Gasteiger charge is 2.23. The van der Waals surface area contributed by atoms with Crippen molar-refractivity contribution in [1.29, 1.82) is 0 Å². The fraction of sp³-hybridized carbons (Fsp3) is 0.0526. The lowest BCUT2D eigenvalue weighted by atomic mass is 10.2. The number of para-hydroxylation sites is 1. The topological polar surface area (TPSA) is 97.1 Å². The second-order valence-corrected chi connectivity index (χ2v) is 6.48. The van der Waals surface area contributed by atoms with E-state index in [1.54, 1.807) is 36.4 Å². The molecule has 0 spiro atoms. The summed E-state index contributed by atoms with van der Waals surface area (Å²) in [5.41, 5.74) is 2.69. The van der Waals surface area contributed by atoms with Gasteiger partial charge in [0.2, 0.25) is 5.76 Å². The smallest absolute Gasteiger partial charge is 0.293 e. The number of carbonyl (C=O) groups excluding carboxylic acids is 2. The first-order chi connectivity index (χ1) is 13.1. The maximum absolute atomic E-state index is 12.8. The van der Waals surface area contributed by atoms with E-state index in [1.807, 2.05) is 19.1 Å². The van der Waals surface area contributed by atoms with Gasteiger partial charge in [-0.3, -0.25) is 9.59 Å². The summed E-state index contributed by atoms with van der Waals surface area (Å²) in [6.45, 7) is 1.96. The number of fused-ring (bicyclic) bond motifs is 1. The summed E-state index contributed by atoms with van der Waals surface area (Å²) in [5.74, 6) is -0.894. The lowest BCUT2D eigenvalue weighted by Gasteiger charge is -2.06. The van der Waals surface area contributed by atoms with Gasteiger partial charge in [0.25, 0.3) is 11.8 Å². The molecule has 2 aromatic carbocycles. The predicted molar refractivity (Wildman–Crippen MR) is 103 cm³/mol. The van der Waals surface area contributed by atoms with Gasteiger partial charge in [0, 0.05) is 16.5 Å². The van der Waals surface area contributed by atoms with Crippen molar-refractivity contribution in [1.82, 2.24) is 9.59 Å². The first kappa shape index (κ1) is 16.9. The van der Waals surface area contributed by atoms with Gasteiger partial charge in [0.05, 0.1) is 0 Å². The zero-order chi connectivity index (χ0) is 18.8. The van der Waals surface area contributed by atoms with E-state index in [1.165, 1.54) is 5.38 Å². The van der Waals surface area contributed by atoms with E-state index in [0.29, 0.717) is 22.3 Å². The average Bonchev–Trinajstić information content (AvgIpc) is 3.32. The minimum atomic E-state index is -0.459. The minimum absolute atomic E-state index is 0.0216. The highest BCUT2D eigenvalue weighted by molar-refractivity contribution is 7.03. The van der Waals surface area contributed by atoms with Crippen LogP contribution in [0.5, 0.6) is 0 Å². The van der Waals surface area contributed by atoms with Crippen LogP contribution in [0.15, 0.2) is 58.3 Å². The summed E-state index contributed by atoms with van der Waals surface area (Å²) >= 11 is 1.07. The molecule has 8 heteroatoms. The van der Waals surface area contributed by atoms with Crippen molar-refractivity contribution >= 4 is 45.7 Å². The molecule has 2 N–H and O–H groups in total. The Hall–Kier alpha value is -3.52. The van der Waals surface area contributed by atoms with Crippen LogP contribution in [-0.2, 0) is 0 Å². The molecule has 27 heavy (non-hydrogen) atoms. The summed E-state index contributed by atoms with van der Waals surface area (Å²) in [6.07, 6.45) is 0. The molecule has 2 heterocycles. The van der Waals surface area contributed by atoms with Crippen LogP contribution in [0.4, 0.5) is 11.4 Å². The van der Waals surface area contributed by atoms with Gasteiger partial charge in [-0.05, 0) is 42.7 Å². The quantitative estimate of drug-likeness (QED) is 0.557. The van der Waals surface area contributed by atoms with Crippen molar-refractivity contribution in [2.45, 2.75) is 6.92 Å². The molecular formula is C19H14N4O3S. The van der Waals surface area contributed by atoms with E-state index >= 15 is 0 Å². The first-order valence-electron chi connectivity index (χ1n) is 8.10. The molecule has 0 bridgehead atoms. The van der Waals surface area contributed by atoms with Gasteiger partial charge in [0.1, 0.15) is 11.3 Å². The monoisotopic (exact) mass is 378 g/mol. The third-order valence-corrected chi connectivity index (χ3v) is 4.45. The van der Waals surface area contributed by atoms with Gasteiger partial charge in [-0.25, -0.2) is 0 Å². The normalized spacial score (nSPS) is 10.7. The molecule has 0 saturated carbocycles. The Balaban J connectivity index is 1.70. The van der Waals surface area contributed by atoms with Gasteiger partial charge in [-0.15, -0.1) is 5.10 Å². The number of aromatic nitrogens is 2. The Morgan fingerprint density at radius 3 is 2.52 bits per heavy atom. The Labute approximate surface area is 158 Å². The minimum Gasteiger partial charge on any atom is -0.449 e. The maximum Gasteiger partial charge on any atom is 0.293 e. The summed E-state index contributed by atoms with van der Waals surface area (Å²) in [7, 11) is 0. The summed E-state index contributed by atoms with van der Waals surface area (Å²) in [5, 5.41) is 11.4. The van der Waals surface area contributed by atoms with Gasteiger partial charge in [0.15, 0.2) is 5.69 Å². The molecule has 0 atom stereocenters. The number of hydrogen-bond donors (Lipinski definition) is 2. The number of furan rings is 1. The van der Waals surface area contributed by atoms with E-state index in [2.05, 4.69) is 20.2 Å². The molecule has 0 aliphatic heterocycles. The van der Waals surface area contributed by atoms with Crippen molar-refractivity contribution in [2.75, 3.05) is 10.6 Å². The molecule has 4 rings (SSSR count). The molecular weight excluding hydrogens is 364 g/mol. The Morgan fingerprint density at radius 1 is 1.00 bits per heavy atom. The first-order valence-corrected chi connectivity index (χ1v) is 8.93. The van der Waals surface area contributed by atoms with Gasteiger partial charge in [-0.2, -0.15) is 0 Å². The largest absolute Gasteiger partial charge is 0.449 e. The van der Waals surface area contributed by atoms with E-state index < -0.39 is 11.8 Å². The van der Waals surface area contributed by atoms with Crippen LogP contribution in [0.1, 0.15) is 26.6 Å². The van der Waals surface area contributed by atoms with Crippen molar-refractivity contribution in [3.63, 3.8) is 0 Å². The standard InChI is InChI=1S/C19H14N4O3S/c1-11-6-8-12(9-7-11)20-19(25)17-16(13-4-2-3-5-15(13)26-17)21-18(24)14-10-27-23-22-14/h2-10H,1H3,(H,20,25)(H,21,24). The van der Waals surface area contributed by atoms with Crippen LogP contribution in [0, 0.1) is 6.92 Å². The number of rotatable bonds is 4. The van der Waals surface area contributed by atoms with Crippen molar-refractivity contribution < 1.29 is 14.0 Å². The molecule has 0 fully saturated rings. The van der Waals surface area contributed by atoms with Gasteiger partial charge >= 0.3 is 0 Å². The van der Waals surface area contributed by atoms with Crippen molar-refractivity contribution in [3.8, 4) is 0 Å². The second kappa shape index (κ2) is 7.00. The zero-order valence-electron chi connectivity index (χ0n) is 14.2. The van der Waals surface area contributed by atoms with E-state index in [4.69, 9.17) is 4.42 Å². The van der Waals surface area contributed by atoms with Gasteiger partial charge in [-0.1, -0.05) is 34.3 Å². The van der Waals surface area contributed by atoms with Crippen LogP contribution in [0.2, 0.25) is 0 Å². The molecule has 0 aliphatic carbocycles. The third-order valence-electron chi connectivity index (χ3n) is 3.94. The lowest BCUT2D eigenvalue weighted by molar-refractivity contribution is 0.0999. The molecule has 0 unspecified atom stereocenters. The average molecular weight is 378 g/mol. The van der Waals surface area contributed by atoms with Crippen molar-refractivity contribution in [2.24, 2.45) is 0 Å². The number of benzene rings is 2. The maximum atomic E-state index is 12.8. The molecule has 7 nitrogen and oxygen atoms in total. The second-order valence-electron chi connectivity index (χ2n) is 5.87. The van der Waals surface area contributed by atoms with Crippen LogP contribution >= 0.6 is 11.5 Å². The number of carbonyl (C=O) groups is 2. The van der Waals surface area contributed by atoms with E-state index in [0.717, 1.165) is 17.1 Å². The van der Waals surface area contributed by atoms with Crippen LogP contribution < -0.4 is 10.6 Å². The summed E-state index contributed by atoms with van der Waals surface area (Å²) in [6, 6.07) is 14.5. The van der Waals surface area contributed by atoms with E-state index in [-0.39, 0.29) is 11.5 Å². The molecule has 2 aromatic heterocycles. The SMILES string of the molecule is Cc1ccc(NC(=O)c2oc3ccccc3c2NC(=O)c2csnn2)cc1. The number of amides is 2. The van der Waals surface area contributed by atoms with E-state index in [9.17, 15) is 9.59 Å². The Morgan fingerprint density at radius 2 is 1.78 bits per heavy atom. The Kier molecular flexibility index (Phi) is 4.39. The number of aryl methyl sites for hydroxylation is 1. The number of anilines is 2. The Bertz CT molecular complexity index is 1120. The molecule has 0 radical (unpaired) electrons. The number of nitrogens with one attached hydrogen (secondary N) is 2. The predicted octanol–water partition coefficient (Wildman–Crippen LogP) is 4.10. The molecule has 134 valence electrons. The molecule has 2 amide bonds. The highest BCUT2D eigenvalue weighted by atomic mass is 32.1. The van der Waals surface area contributed by atoms with Gasteiger partial charge < -0.3 is 15.1 Å². The van der Waals surface area contributed by atoms with Crippen LogP contribution in [0.25, 0.3) is 11.0 Å². The molecule has 0 aliphatic rings. The lowest BCUT2D eigenvalue weighted by Crippen LogP contribution is -2.17. The van der Waals surface area contributed by atoms with Crippen LogP contribution in [-0.4, -0.2) is 21.4 Å². The fourth-order valence-electron chi connectivity index (χ4n) is 2.60. The third kappa shape index (κ3) is 3.42. The number of hydrogen-bond acceptors (Lipinski definition) is 6. The summed E-state index contributed by atoms with van der Waals surface area (Å²) < 4.78 is 9.40. The zero-order valence-corrected chi connectivity index (χ0v) is 15.0. The highest BCUT2D eigenvalue weighted by Crippen LogP contribution is 2.31. The van der Waals surface area contributed by atoms with Crippen LogP contribution in [0.3, 0.4) is 0 Å².